The number of ether oxygens (including phenoxy) is 1. The van der Waals surface area contributed by atoms with Crippen LogP contribution in [0.15, 0.2) is 48.5 Å². The lowest BCUT2D eigenvalue weighted by molar-refractivity contribution is 0.0721. The molecule has 0 spiro atoms. The van der Waals surface area contributed by atoms with Crippen molar-refractivity contribution in [2.24, 2.45) is 0 Å². The largest absolute Gasteiger partial charge is 0.376 e. The van der Waals surface area contributed by atoms with Crippen LogP contribution in [0.1, 0.15) is 23.2 Å². The first-order valence-electron chi connectivity index (χ1n) is 7.57. The van der Waals surface area contributed by atoms with Crippen molar-refractivity contribution >= 4 is 34.7 Å². The number of Topliss-reactive ketones (excluding diaryl/α,β-unsaturated/α-hetero) is 1. The average Bonchev–Trinajstić information content (AvgIpc) is 3.08. The predicted octanol–water partition coefficient (Wildman–Crippen LogP) is 4.84. The van der Waals surface area contributed by atoms with Crippen LogP contribution in [0.4, 0.5) is 5.69 Å². The van der Waals surface area contributed by atoms with Gasteiger partial charge in [0.05, 0.1) is 6.10 Å². The number of hydrogen-bond acceptors (Lipinski definition) is 3. The van der Waals surface area contributed by atoms with Gasteiger partial charge in [-0.25, -0.2) is 0 Å². The van der Waals surface area contributed by atoms with Crippen LogP contribution in [-0.4, -0.2) is 24.5 Å². The summed E-state index contributed by atoms with van der Waals surface area (Å²) in [6.45, 7) is 0.687. The Kier molecular flexibility index (Phi) is 5.21. The summed E-state index contributed by atoms with van der Waals surface area (Å²) in [6.07, 6.45) is 1.68. The highest BCUT2D eigenvalue weighted by molar-refractivity contribution is 6.31. The van der Waals surface area contributed by atoms with E-state index in [1.54, 1.807) is 36.4 Å². The van der Waals surface area contributed by atoms with E-state index < -0.39 is 6.04 Å². The maximum absolute atomic E-state index is 12.9. The van der Waals surface area contributed by atoms with Gasteiger partial charge in [0.15, 0.2) is 5.78 Å². The maximum atomic E-state index is 12.9. The molecule has 2 aromatic carbocycles. The van der Waals surface area contributed by atoms with E-state index in [1.807, 2.05) is 12.1 Å². The van der Waals surface area contributed by atoms with Crippen LogP contribution in [0.25, 0.3) is 0 Å². The van der Waals surface area contributed by atoms with Crippen LogP contribution >= 0.6 is 23.2 Å². The van der Waals surface area contributed by atoms with Gasteiger partial charge in [0.25, 0.3) is 0 Å². The van der Waals surface area contributed by atoms with E-state index in [2.05, 4.69) is 5.32 Å². The number of rotatable bonds is 5. The Morgan fingerprint density at radius 2 is 1.91 bits per heavy atom. The van der Waals surface area contributed by atoms with Crippen LogP contribution in [0.3, 0.4) is 0 Å². The minimum absolute atomic E-state index is 0.0191. The summed E-state index contributed by atoms with van der Waals surface area (Å²) < 4.78 is 5.74. The number of carbonyl (C=O) groups excluding carboxylic acids is 1. The van der Waals surface area contributed by atoms with Gasteiger partial charge < -0.3 is 10.1 Å². The molecule has 1 aliphatic heterocycles. The summed E-state index contributed by atoms with van der Waals surface area (Å²) in [5, 5.41) is 4.50. The summed E-state index contributed by atoms with van der Waals surface area (Å²) in [4.78, 5) is 12.9. The van der Waals surface area contributed by atoms with Gasteiger partial charge in [0.2, 0.25) is 0 Å². The number of halogens is 2. The molecule has 120 valence electrons. The average molecular weight is 350 g/mol. The van der Waals surface area contributed by atoms with E-state index in [-0.39, 0.29) is 11.9 Å². The van der Waals surface area contributed by atoms with Crippen molar-refractivity contribution in [1.29, 1.82) is 0 Å². The molecule has 0 radical (unpaired) electrons. The Balaban J connectivity index is 1.85. The monoisotopic (exact) mass is 349 g/mol. The number of hydrogen-bond donors (Lipinski definition) is 1. The second kappa shape index (κ2) is 7.35. The lowest BCUT2D eigenvalue weighted by atomic mass is 9.97. The Bertz CT molecular complexity index is 682. The van der Waals surface area contributed by atoms with E-state index in [4.69, 9.17) is 27.9 Å². The van der Waals surface area contributed by atoms with Crippen LogP contribution < -0.4 is 5.32 Å². The number of anilines is 1. The highest BCUT2D eigenvalue weighted by Gasteiger charge is 2.32. The summed E-state index contributed by atoms with van der Waals surface area (Å²) in [5.74, 6) is -0.0191. The molecule has 1 saturated heterocycles. The molecule has 0 aliphatic carbocycles. The van der Waals surface area contributed by atoms with Crippen molar-refractivity contribution in [1.82, 2.24) is 0 Å². The molecule has 1 N–H and O–H groups in total. The van der Waals surface area contributed by atoms with Crippen molar-refractivity contribution in [2.75, 3.05) is 11.9 Å². The summed E-state index contributed by atoms with van der Waals surface area (Å²) in [7, 11) is 0. The first-order chi connectivity index (χ1) is 11.1. The van der Waals surface area contributed by atoms with Crippen LogP contribution in [0, 0.1) is 0 Å². The molecule has 0 saturated carbocycles. The first kappa shape index (κ1) is 16.3. The minimum atomic E-state index is -0.447. The number of nitrogens with one attached hydrogen (secondary N) is 1. The Morgan fingerprint density at radius 3 is 2.57 bits per heavy atom. The fraction of sp³-hybridized carbons (Fsp3) is 0.278. The SMILES string of the molecule is O=C(c1cccc(Cl)c1)C(Nc1ccc(Cl)cc1)C1CCCO1. The highest BCUT2D eigenvalue weighted by atomic mass is 35.5. The fourth-order valence-corrected chi connectivity index (χ4v) is 3.06. The zero-order valence-corrected chi connectivity index (χ0v) is 14.0. The fourth-order valence-electron chi connectivity index (χ4n) is 2.74. The molecular formula is C18H17Cl2NO2. The van der Waals surface area contributed by atoms with Crippen molar-refractivity contribution in [3.63, 3.8) is 0 Å². The van der Waals surface area contributed by atoms with Crippen LogP contribution in [0.2, 0.25) is 10.0 Å². The molecule has 0 aromatic heterocycles. The van der Waals surface area contributed by atoms with Crippen molar-refractivity contribution in [3.05, 3.63) is 64.1 Å². The van der Waals surface area contributed by atoms with Gasteiger partial charge in [-0.05, 0) is 49.2 Å². The molecular weight excluding hydrogens is 333 g/mol. The molecule has 23 heavy (non-hydrogen) atoms. The number of ketones is 1. The zero-order chi connectivity index (χ0) is 16.2. The Hall–Kier alpha value is -1.55. The van der Waals surface area contributed by atoms with E-state index in [9.17, 15) is 4.79 Å². The van der Waals surface area contributed by atoms with E-state index in [1.165, 1.54) is 0 Å². The van der Waals surface area contributed by atoms with E-state index >= 15 is 0 Å². The summed E-state index contributed by atoms with van der Waals surface area (Å²) >= 11 is 11.9. The van der Waals surface area contributed by atoms with Crippen molar-refractivity contribution in [2.45, 2.75) is 25.0 Å². The summed E-state index contributed by atoms with van der Waals surface area (Å²) in [5.41, 5.74) is 1.42. The zero-order valence-electron chi connectivity index (χ0n) is 12.5. The molecule has 1 heterocycles. The van der Waals surface area contributed by atoms with Gasteiger partial charge in [0, 0.05) is 27.9 Å². The first-order valence-corrected chi connectivity index (χ1v) is 8.32. The molecule has 0 amide bonds. The molecule has 2 unspecified atom stereocenters. The second-order valence-corrected chi connectivity index (χ2v) is 6.43. The highest BCUT2D eigenvalue weighted by Crippen LogP contribution is 2.24. The quantitative estimate of drug-likeness (QED) is 0.785. The molecule has 5 heteroatoms. The molecule has 1 fully saturated rings. The number of carbonyl (C=O) groups is 1. The molecule has 2 aromatic rings. The maximum Gasteiger partial charge on any atom is 0.187 e. The summed E-state index contributed by atoms with van der Waals surface area (Å²) in [6, 6.07) is 13.9. The van der Waals surface area contributed by atoms with Gasteiger partial charge in [0.1, 0.15) is 6.04 Å². The van der Waals surface area contributed by atoms with E-state index in [0.717, 1.165) is 18.5 Å². The third-order valence-corrected chi connectivity index (χ3v) is 4.38. The third-order valence-electron chi connectivity index (χ3n) is 3.89. The van der Waals surface area contributed by atoms with Crippen LogP contribution in [0.5, 0.6) is 0 Å². The van der Waals surface area contributed by atoms with Gasteiger partial charge >= 0.3 is 0 Å². The topological polar surface area (TPSA) is 38.3 Å². The van der Waals surface area contributed by atoms with Gasteiger partial charge in [-0.2, -0.15) is 0 Å². The van der Waals surface area contributed by atoms with Crippen molar-refractivity contribution < 1.29 is 9.53 Å². The van der Waals surface area contributed by atoms with E-state index in [0.29, 0.717) is 22.2 Å². The third kappa shape index (κ3) is 4.05. The molecule has 3 rings (SSSR count). The Labute approximate surface area is 145 Å². The van der Waals surface area contributed by atoms with Crippen LogP contribution in [-0.2, 0) is 4.74 Å². The molecule has 0 bridgehead atoms. The normalized spacial score (nSPS) is 18.6. The lowest BCUT2D eigenvalue weighted by Crippen LogP contribution is -2.40. The number of benzene rings is 2. The molecule has 3 nitrogen and oxygen atoms in total. The smallest absolute Gasteiger partial charge is 0.187 e. The second-order valence-electron chi connectivity index (χ2n) is 5.55. The Morgan fingerprint density at radius 1 is 1.13 bits per heavy atom. The molecule has 2 atom stereocenters. The standard InChI is InChI=1S/C18H17Cl2NO2/c19-13-6-8-15(9-7-13)21-17(16-5-2-10-23-16)18(22)12-3-1-4-14(20)11-12/h1,3-4,6-9,11,16-17,21H,2,5,10H2. The van der Waals surface area contributed by atoms with Gasteiger partial charge in [-0.1, -0.05) is 35.3 Å². The predicted molar refractivity (Wildman–Crippen MR) is 93.6 cm³/mol. The lowest BCUT2D eigenvalue weighted by Gasteiger charge is -2.24. The minimum Gasteiger partial charge on any atom is -0.376 e. The van der Waals surface area contributed by atoms with Gasteiger partial charge in [-0.3, -0.25) is 4.79 Å². The molecule has 1 aliphatic rings. The van der Waals surface area contributed by atoms with Crippen molar-refractivity contribution in [3.8, 4) is 0 Å². The van der Waals surface area contributed by atoms with Gasteiger partial charge in [-0.15, -0.1) is 0 Å².